The fraction of sp³-hybridized carbons (Fsp3) is 0.217. The first kappa shape index (κ1) is 27.4. The molecule has 0 saturated carbocycles. The normalized spacial score (nSPS) is 12.4. The molecule has 0 saturated heterocycles. The summed E-state index contributed by atoms with van der Waals surface area (Å²) < 4.78 is 92.4. The van der Waals surface area contributed by atoms with Crippen LogP contribution >= 0.6 is 0 Å². The number of hydrogen-bond acceptors (Lipinski definition) is 4. The molecule has 0 aliphatic carbocycles. The van der Waals surface area contributed by atoms with Gasteiger partial charge in [-0.15, -0.1) is 18.2 Å². The van der Waals surface area contributed by atoms with E-state index < -0.39 is 35.1 Å². The molecular weight excluding hydrogens is 674 g/mol. The van der Waals surface area contributed by atoms with E-state index in [9.17, 15) is 30.7 Å². The van der Waals surface area contributed by atoms with Gasteiger partial charge in [-0.3, -0.25) is 10.1 Å². The summed E-state index contributed by atoms with van der Waals surface area (Å²) in [5.41, 5.74) is -2.97. The predicted octanol–water partition coefficient (Wildman–Crippen LogP) is 5.82. The molecule has 4 rings (SSSR count). The minimum Gasteiger partial charge on any atom is -0.343 e. The van der Waals surface area contributed by atoms with Gasteiger partial charge in [-0.2, -0.15) is 31.9 Å². The number of halogens is 7. The zero-order valence-corrected chi connectivity index (χ0v) is 20.6. The van der Waals surface area contributed by atoms with Crippen molar-refractivity contribution in [3.05, 3.63) is 89.5 Å². The van der Waals surface area contributed by atoms with E-state index in [-0.39, 0.29) is 38.1 Å². The second kappa shape index (κ2) is 9.72. The SMILES string of the molecule is CC(C)(c1cccc(-c2[c-]c(F)nc(C(F)(F)F)c2)n1)c1cccc(-n2[c-]cc(C(F)(F)F)n2)n1.[Pt+2]. The predicted molar refractivity (Wildman–Crippen MR) is 109 cm³/mol. The average molecular weight is 688 g/mol. The molecule has 4 aromatic rings. The molecule has 0 aliphatic rings. The Kier molecular flexibility index (Phi) is 7.41. The second-order valence-corrected chi connectivity index (χ2v) is 7.95. The van der Waals surface area contributed by atoms with Crippen LogP contribution < -0.4 is 0 Å². The number of aromatic nitrogens is 5. The van der Waals surface area contributed by atoms with Crippen LogP contribution in [0.3, 0.4) is 0 Å². The molecule has 0 fully saturated rings. The van der Waals surface area contributed by atoms with Gasteiger partial charge in [0.15, 0.2) is 5.95 Å². The van der Waals surface area contributed by atoms with Crippen molar-refractivity contribution < 1.29 is 51.8 Å². The van der Waals surface area contributed by atoms with Crippen LogP contribution in [-0.2, 0) is 38.8 Å². The number of hydrogen-bond donors (Lipinski definition) is 0. The summed E-state index contributed by atoms with van der Waals surface area (Å²) >= 11 is 0. The van der Waals surface area contributed by atoms with E-state index in [0.717, 1.165) is 4.68 Å². The monoisotopic (exact) mass is 688 g/mol. The molecule has 0 radical (unpaired) electrons. The summed E-state index contributed by atoms with van der Waals surface area (Å²) in [6.07, 6.45) is -7.13. The first-order valence-electron chi connectivity index (χ1n) is 9.93. The first-order chi connectivity index (χ1) is 16.2. The molecule has 0 amide bonds. The van der Waals surface area contributed by atoms with Gasteiger partial charge in [0, 0.05) is 16.8 Å². The van der Waals surface area contributed by atoms with Crippen molar-refractivity contribution in [1.82, 2.24) is 24.7 Å². The Hall–Kier alpha value is -3.14. The number of rotatable bonds is 4. The molecule has 0 atom stereocenters. The molecule has 0 aromatic carbocycles. The van der Waals surface area contributed by atoms with E-state index in [1.807, 2.05) is 0 Å². The summed E-state index contributed by atoms with van der Waals surface area (Å²) in [6.45, 7) is 3.44. The Balaban J connectivity index is 0.00000361. The standard InChI is InChI=1S/C23H14F7N5.Pt/c1-21(2,16-7-4-8-20(33-16)35-10-9-17(34-35)22(25,26)27)15-6-3-5-14(31-15)13-11-18(23(28,29)30)32-19(24)12-13;/h3-9,11H,1-2H3;/q-2;+2. The molecule has 0 N–H and O–H groups in total. The van der Waals surface area contributed by atoms with Crippen LogP contribution in [0.15, 0.2) is 48.5 Å². The fourth-order valence-corrected chi connectivity index (χ4v) is 3.23. The summed E-state index contributed by atoms with van der Waals surface area (Å²) in [5, 5.41) is 3.46. The number of nitrogens with zero attached hydrogens (tertiary/aromatic N) is 5. The zero-order chi connectivity index (χ0) is 25.6. The summed E-state index contributed by atoms with van der Waals surface area (Å²) in [7, 11) is 0. The van der Waals surface area contributed by atoms with E-state index in [1.54, 1.807) is 32.0 Å². The van der Waals surface area contributed by atoms with Gasteiger partial charge >= 0.3 is 33.4 Å². The van der Waals surface area contributed by atoms with Crippen LogP contribution in [0, 0.1) is 18.2 Å². The third-order valence-corrected chi connectivity index (χ3v) is 5.11. The molecule has 0 bridgehead atoms. The Labute approximate surface area is 214 Å². The van der Waals surface area contributed by atoms with Crippen LogP contribution in [0.4, 0.5) is 30.7 Å². The molecule has 190 valence electrons. The maximum absolute atomic E-state index is 13.7. The van der Waals surface area contributed by atoms with Gasteiger partial charge in [0.05, 0.1) is 17.2 Å². The average Bonchev–Trinajstić information content (AvgIpc) is 3.29. The second-order valence-electron chi connectivity index (χ2n) is 7.95. The molecule has 4 aromatic heterocycles. The Morgan fingerprint density at radius 1 is 0.778 bits per heavy atom. The van der Waals surface area contributed by atoms with Gasteiger partial charge in [0.2, 0.25) is 0 Å². The minimum absolute atomic E-state index is 0. The Bertz CT molecular complexity index is 1380. The molecule has 5 nitrogen and oxygen atoms in total. The molecule has 0 aliphatic heterocycles. The number of pyridine rings is 3. The maximum Gasteiger partial charge on any atom is 2.00 e. The summed E-state index contributed by atoms with van der Waals surface area (Å²) in [6, 6.07) is 12.6. The molecular formula is C23H14F7N5Pt. The third kappa shape index (κ3) is 5.64. The molecule has 13 heteroatoms. The van der Waals surface area contributed by atoms with Crippen LogP contribution in [0.25, 0.3) is 17.1 Å². The van der Waals surface area contributed by atoms with Crippen LogP contribution in [-0.4, -0.2) is 24.7 Å². The van der Waals surface area contributed by atoms with Crippen LogP contribution in [0.5, 0.6) is 0 Å². The Morgan fingerprint density at radius 2 is 1.39 bits per heavy atom. The van der Waals surface area contributed by atoms with Gasteiger partial charge in [0.25, 0.3) is 0 Å². The quantitative estimate of drug-likeness (QED) is 0.154. The largest absolute Gasteiger partial charge is 2.00 e. The fourth-order valence-electron chi connectivity index (χ4n) is 3.23. The van der Waals surface area contributed by atoms with Gasteiger partial charge in [-0.05, 0) is 31.7 Å². The minimum atomic E-state index is -4.86. The topological polar surface area (TPSA) is 56.5 Å². The maximum atomic E-state index is 13.7. The van der Waals surface area contributed by atoms with Crippen LogP contribution in [0.1, 0.15) is 36.6 Å². The van der Waals surface area contributed by atoms with E-state index in [4.69, 9.17) is 0 Å². The van der Waals surface area contributed by atoms with E-state index >= 15 is 0 Å². The smallest absolute Gasteiger partial charge is 0.343 e. The van der Waals surface area contributed by atoms with Gasteiger partial charge in [0.1, 0.15) is 0 Å². The van der Waals surface area contributed by atoms with Gasteiger partial charge < -0.3 is 9.67 Å². The molecule has 4 heterocycles. The van der Waals surface area contributed by atoms with Gasteiger partial charge in [-0.25, -0.2) is 9.37 Å². The van der Waals surface area contributed by atoms with Crippen molar-refractivity contribution in [2.75, 3.05) is 0 Å². The van der Waals surface area contributed by atoms with E-state index in [1.165, 1.54) is 18.2 Å². The summed E-state index contributed by atoms with van der Waals surface area (Å²) in [4.78, 5) is 11.6. The molecule has 0 unspecified atom stereocenters. The van der Waals surface area contributed by atoms with E-state index in [0.29, 0.717) is 23.5 Å². The molecule has 36 heavy (non-hydrogen) atoms. The van der Waals surface area contributed by atoms with Crippen molar-refractivity contribution in [2.24, 2.45) is 0 Å². The van der Waals surface area contributed by atoms with Crippen molar-refractivity contribution >= 4 is 0 Å². The Morgan fingerprint density at radius 3 is 2.00 bits per heavy atom. The first-order valence-corrected chi connectivity index (χ1v) is 9.93. The molecule has 0 spiro atoms. The van der Waals surface area contributed by atoms with Crippen molar-refractivity contribution in [3.63, 3.8) is 0 Å². The number of alkyl halides is 6. The van der Waals surface area contributed by atoms with E-state index in [2.05, 4.69) is 32.3 Å². The third-order valence-electron chi connectivity index (χ3n) is 5.11. The zero-order valence-electron chi connectivity index (χ0n) is 18.3. The van der Waals surface area contributed by atoms with Crippen molar-refractivity contribution in [3.8, 4) is 17.1 Å². The summed E-state index contributed by atoms with van der Waals surface area (Å²) in [5.74, 6) is -1.36. The van der Waals surface area contributed by atoms with Crippen molar-refractivity contribution in [2.45, 2.75) is 31.6 Å². The van der Waals surface area contributed by atoms with Crippen LogP contribution in [0.2, 0.25) is 0 Å². The van der Waals surface area contributed by atoms with Crippen molar-refractivity contribution in [1.29, 1.82) is 0 Å². The van der Waals surface area contributed by atoms with Gasteiger partial charge in [-0.1, -0.05) is 30.5 Å².